The molecule has 3 aromatic rings. The van der Waals surface area contributed by atoms with Crippen LogP contribution in [-0.4, -0.2) is 44.4 Å². The van der Waals surface area contributed by atoms with Crippen molar-refractivity contribution in [2.75, 3.05) is 38.7 Å². The highest BCUT2D eigenvalue weighted by Crippen LogP contribution is 2.29. The van der Waals surface area contributed by atoms with E-state index in [0.29, 0.717) is 25.7 Å². The van der Waals surface area contributed by atoms with E-state index in [1.807, 2.05) is 31.2 Å². The molecule has 0 aliphatic heterocycles. The molecule has 3 rings (SSSR count). The Morgan fingerprint density at radius 3 is 2.61 bits per heavy atom. The molecule has 1 unspecified atom stereocenters. The van der Waals surface area contributed by atoms with Gasteiger partial charge < -0.3 is 25.8 Å². The number of guanidine groups is 1. The highest BCUT2D eigenvalue weighted by atomic mass is 127. The molecule has 0 aliphatic rings. The second kappa shape index (κ2) is 13.5. The predicted octanol–water partition coefficient (Wildman–Crippen LogP) is 4.37. The molecule has 0 spiro atoms. The number of aliphatic hydroxyl groups is 1. The van der Waals surface area contributed by atoms with Crippen LogP contribution in [0.15, 0.2) is 59.6 Å². The number of halogens is 1. The van der Waals surface area contributed by atoms with Crippen molar-refractivity contribution < 1.29 is 9.84 Å². The number of hydrogen-bond acceptors (Lipinski definition) is 5. The number of thiophene rings is 1. The Balaban J connectivity index is 0.00000341. The average Bonchev–Trinajstić information content (AvgIpc) is 3.21. The first kappa shape index (κ1) is 25.4. The average molecular weight is 554 g/mol. The number of methoxy groups -OCH3 is 1. The monoisotopic (exact) mass is 554 g/mol. The molecule has 1 heterocycles. The third-order valence-corrected chi connectivity index (χ3v) is 5.81. The minimum Gasteiger partial charge on any atom is -0.386 e. The van der Waals surface area contributed by atoms with Gasteiger partial charge in [-0.2, -0.15) is 0 Å². The molecular weight excluding hydrogens is 523 g/mol. The minimum atomic E-state index is -0.580. The van der Waals surface area contributed by atoms with Crippen molar-refractivity contribution in [3.8, 4) is 0 Å². The van der Waals surface area contributed by atoms with E-state index in [4.69, 9.17) is 4.74 Å². The standard InChI is InChI=1S/C23H30N4O2S.HI/c1-3-24-23(26-15-17-8-10-19(11-9-17)25-12-13-29-2)27-16-20(28)22-14-18-6-4-5-7-21(18)30-22;/h4-11,14,20,25,28H,3,12-13,15-16H2,1-2H3,(H2,24,26,27);1H. The molecule has 0 saturated heterocycles. The molecular formula is C23H31IN4O2S. The number of nitrogens with one attached hydrogen (secondary N) is 3. The first-order valence-corrected chi connectivity index (χ1v) is 11.0. The van der Waals surface area contributed by atoms with Crippen molar-refractivity contribution in [2.45, 2.75) is 19.6 Å². The molecule has 0 bridgehead atoms. The van der Waals surface area contributed by atoms with Crippen LogP contribution in [0, 0.1) is 0 Å². The fraction of sp³-hybridized carbons (Fsp3) is 0.348. The topological polar surface area (TPSA) is 77.9 Å². The maximum atomic E-state index is 10.6. The van der Waals surface area contributed by atoms with Crippen molar-refractivity contribution in [3.05, 3.63) is 65.0 Å². The maximum Gasteiger partial charge on any atom is 0.191 e. The molecule has 6 nitrogen and oxygen atoms in total. The number of fused-ring (bicyclic) bond motifs is 1. The van der Waals surface area contributed by atoms with Gasteiger partial charge in [-0.15, -0.1) is 35.3 Å². The fourth-order valence-corrected chi connectivity index (χ4v) is 4.05. The fourth-order valence-electron chi connectivity index (χ4n) is 3.00. The zero-order valence-corrected chi connectivity index (χ0v) is 21.1. The largest absolute Gasteiger partial charge is 0.386 e. The number of rotatable bonds is 10. The summed E-state index contributed by atoms with van der Waals surface area (Å²) in [6.45, 7) is 5.21. The van der Waals surface area contributed by atoms with Crippen LogP contribution in [0.4, 0.5) is 5.69 Å². The van der Waals surface area contributed by atoms with Gasteiger partial charge >= 0.3 is 0 Å². The van der Waals surface area contributed by atoms with E-state index in [1.165, 1.54) is 4.70 Å². The van der Waals surface area contributed by atoms with Crippen LogP contribution in [0.1, 0.15) is 23.5 Å². The van der Waals surface area contributed by atoms with Gasteiger partial charge in [-0.1, -0.05) is 30.3 Å². The third kappa shape index (κ3) is 7.95. The number of hydrogen-bond donors (Lipinski definition) is 4. The molecule has 31 heavy (non-hydrogen) atoms. The molecule has 8 heteroatoms. The lowest BCUT2D eigenvalue weighted by atomic mass is 10.2. The zero-order valence-electron chi connectivity index (χ0n) is 17.9. The van der Waals surface area contributed by atoms with Gasteiger partial charge in [-0.25, -0.2) is 4.99 Å². The molecule has 1 aromatic heterocycles. The lowest BCUT2D eigenvalue weighted by molar-refractivity contribution is 0.184. The molecule has 0 radical (unpaired) electrons. The summed E-state index contributed by atoms with van der Waals surface area (Å²) in [7, 11) is 1.69. The van der Waals surface area contributed by atoms with Gasteiger partial charge in [0.05, 0.1) is 13.2 Å². The van der Waals surface area contributed by atoms with Gasteiger partial charge in [0.1, 0.15) is 6.10 Å². The van der Waals surface area contributed by atoms with Crippen LogP contribution in [0.5, 0.6) is 0 Å². The lowest BCUT2D eigenvalue weighted by Gasteiger charge is -2.14. The van der Waals surface area contributed by atoms with E-state index >= 15 is 0 Å². The van der Waals surface area contributed by atoms with Gasteiger partial charge in [0.25, 0.3) is 0 Å². The van der Waals surface area contributed by atoms with Gasteiger partial charge in [-0.3, -0.25) is 0 Å². The number of benzene rings is 2. The normalized spacial score (nSPS) is 12.3. The second-order valence-electron chi connectivity index (χ2n) is 6.89. The summed E-state index contributed by atoms with van der Waals surface area (Å²) in [4.78, 5) is 5.60. The van der Waals surface area contributed by atoms with E-state index in [-0.39, 0.29) is 24.0 Å². The van der Waals surface area contributed by atoms with Crippen molar-refractivity contribution in [1.29, 1.82) is 0 Å². The Labute approximate surface area is 205 Å². The maximum absolute atomic E-state index is 10.6. The van der Waals surface area contributed by atoms with Crippen LogP contribution in [0.25, 0.3) is 10.1 Å². The molecule has 0 saturated carbocycles. The summed E-state index contributed by atoms with van der Waals surface area (Å²) in [5, 5.41) is 21.5. The Morgan fingerprint density at radius 2 is 1.90 bits per heavy atom. The van der Waals surface area contributed by atoms with Crippen LogP contribution in [0.3, 0.4) is 0 Å². The molecule has 4 N–H and O–H groups in total. The predicted molar refractivity (Wildman–Crippen MR) is 142 cm³/mol. The number of aliphatic hydroxyl groups excluding tert-OH is 1. The summed E-state index contributed by atoms with van der Waals surface area (Å²) >= 11 is 1.62. The van der Waals surface area contributed by atoms with Crippen molar-refractivity contribution in [3.63, 3.8) is 0 Å². The number of nitrogens with zero attached hydrogens (tertiary/aromatic N) is 1. The lowest BCUT2D eigenvalue weighted by Crippen LogP contribution is -2.39. The first-order chi connectivity index (χ1) is 14.7. The minimum absolute atomic E-state index is 0. The zero-order chi connectivity index (χ0) is 21.2. The molecule has 2 aromatic carbocycles. The van der Waals surface area contributed by atoms with E-state index in [0.717, 1.165) is 34.6 Å². The van der Waals surface area contributed by atoms with Gasteiger partial charge in [0.2, 0.25) is 0 Å². The molecule has 0 aliphatic carbocycles. The van der Waals surface area contributed by atoms with Gasteiger partial charge in [-0.05, 0) is 42.1 Å². The van der Waals surface area contributed by atoms with Gasteiger partial charge in [0.15, 0.2) is 5.96 Å². The Morgan fingerprint density at radius 1 is 1.13 bits per heavy atom. The van der Waals surface area contributed by atoms with Crippen molar-refractivity contribution in [1.82, 2.24) is 10.6 Å². The highest BCUT2D eigenvalue weighted by Gasteiger charge is 2.12. The number of ether oxygens (including phenoxy) is 1. The third-order valence-electron chi connectivity index (χ3n) is 4.59. The smallest absolute Gasteiger partial charge is 0.191 e. The van der Waals surface area contributed by atoms with Gasteiger partial charge in [0, 0.05) is 42.0 Å². The van der Waals surface area contributed by atoms with Crippen LogP contribution in [0.2, 0.25) is 0 Å². The number of anilines is 1. The molecule has 0 fully saturated rings. The Bertz CT molecular complexity index is 913. The van der Waals surface area contributed by atoms with E-state index in [1.54, 1.807) is 18.4 Å². The van der Waals surface area contributed by atoms with Crippen molar-refractivity contribution >= 4 is 57.0 Å². The molecule has 168 valence electrons. The molecule has 0 amide bonds. The van der Waals surface area contributed by atoms with Crippen LogP contribution < -0.4 is 16.0 Å². The SMILES string of the molecule is CCNC(=NCc1ccc(NCCOC)cc1)NCC(O)c1cc2ccccc2s1.I. The Kier molecular flexibility index (Phi) is 11.1. The highest BCUT2D eigenvalue weighted by molar-refractivity contribution is 14.0. The Hall–Kier alpha value is -1.88. The first-order valence-electron chi connectivity index (χ1n) is 10.2. The van der Waals surface area contributed by atoms with Crippen molar-refractivity contribution in [2.24, 2.45) is 4.99 Å². The van der Waals surface area contributed by atoms with E-state index in [2.05, 4.69) is 51.3 Å². The van der Waals surface area contributed by atoms with E-state index < -0.39 is 6.10 Å². The summed E-state index contributed by atoms with van der Waals surface area (Å²) < 4.78 is 6.23. The second-order valence-corrected chi connectivity index (χ2v) is 8.01. The molecule has 1 atom stereocenters. The van der Waals surface area contributed by atoms with Crippen LogP contribution >= 0.6 is 35.3 Å². The summed E-state index contributed by atoms with van der Waals surface area (Å²) in [6.07, 6.45) is -0.580. The van der Waals surface area contributed by atoms with Crippen LogP contribution in [-0.2, 0) is 11.3 Å². The van der Waals surface area contributed by atoms with E-state index in [9.17, 15) is 5.11 Å². The number of aliphatic imine (C=N–C) groups is 1. The quantitative estimate of drug-likeness (QED) is 0.130. The summed E-state index contributed by atoms with van der Waals surface area (Å²) in [5.41, 5.74) is 2.19. The summed E-state index contributed by atoms with van der Waals surface area (Å²) in [5.74, 6) is 0.694. The summed E-state index contributed by atoms with van der Waals surface area (Å²) in [6, 6.07) is 18.5.